The molecule has 3 heterocycles. The Balaban J connectivity index is 1.03. The maximum absolute atomic E-state index is 13.2. The largest absolute Gasteiger partial charge is 0.454 e. The molecule has 6 rings (SSSR count). The third-order valence-electron chi connectivity index (χ3n) is 7.69. The molecule has 3 amide bonds. The minimum atomic E-state index is -0.324. The van der Waals surface area contributed by atoms with E-state index in [4.69, 9.17) is 9.47 Å². The highest BCUT2D eigenvalue weighted by atomic mass is 16.7. The van der Waals surface area contributed by atoms with Crippen LogP contribution in [-0.2, 0) is 27.2 Å². The van der Waals surface area contributed by atoms with Gasteiger partial charge in [0.1, 0.15) is 0 Å². The highest BCUT2D eigenvalue weighted by Gasteiger charge is 2.39. The number of nitrogens with one attached hydrogen (secondary N) is 1. The number of benzene rings is 2. The smallest absolute Gasteiger partial charge is 0.231 e. The summed E-state index contributed by atoms with van der Waals surface area (Å²) in [5.74, 6) is 0.816. The van der Waals surface area contributed by atoms with E-state index in [1.165, 1.54) is 17.5 Å². The Hall–Kier alpha value is -3.55. The lowest BCUT2D eigenvalue weighted by molar-refractivity contribution is -0.138. The van der Waals surface area contributed by atoms with Gasteiger partial charge >= 0.3 is 0 Å². The molecule has 3 aliphatic heterocycles. The molecule has 2 aromatic carbocycles. The summed E-state index contributed by atoms with van der Waals surface area (Å²) in [6.07, 6.45) is 4.80. The normalized spacial score (nSPS) is 21.4. The number of ether oxygens (including phenoxy) is 2. The van der Waals surface area contributed by atoms with E-state index in [9.17, 15) is 14.4 Å². The van der Waals surface area contributed by atoms with E-state index < -0.39 is 0 Å². The van der Waals surface area contributed by atoms with E-state index in [-0.39, 0.29) is 42.8 Å². The van der Waals surface area contributed by atoms with Gasteiger partial charge in [-0.25, -0.2) is 0 Å². The standard InChI is InChI=1S/C27H29N3O5/c31-25-13-20(15-30(25)22-6-4-17-2-1-3-19(17)12-22)27(33)29-10-8-18(9-11-29)26(32)28-21-5-7-23-24(14-21)35-16-34-23/h4-7,12,14,18,20H,1-3,8-11,13,15-16H2,(H,28,32). The summed E-state index contributed by atoms with van der Waals surface area (Å²) >= 11 is 0. The fraction of sp³-hybridized carbons (Fsp3) is 0.444. The predicted molar refractivity (Wildman–Crippen MR) is 129 cm³/mol. The molecule has 182 valence electrons. The van der Waals surface area contributed by atoms with Crippen molar-refractivity contribution in [2.45, 2.75) is 38.5 Å². The number of amides is 3. The van der Waals surface area contributed by atoms with Gasteiger partial charge in [-0.3, -0.25) is 14.4 Å². The molecule has 2 saturated heterocycles. The van der Waals surface area contributed by atoms with E-state index in [2.05, 4.69) is 17.4 Å². The number of likely N-dealkylation sites (tertiary alicyclic amines) is 1. The third-order valence-corrected chi connectivity index (χ3v) is 7.69. The van der Waals surface area contributed by atoms with Crippen LogP contribution in [-0.4, -0.2) is 49.0 Å². The third kappa shape index (κ3) is 4.22. The van der Waals surface area contributed by atoms with Gasteiger partial charge < -0.3 is 24.6 Å². The maximum atomic E-state index is 13.2. The van der Waals surface area contributed by atoms with Crippen molar-refractivity contribution in [3.8, 4) is 11.5 Å². The Bertz CT molecular complexity index is 1190. The molecule has 4 aliphatic rings. The molecule has 0 bridgehead atoms. The molecule has 8 nitrogen and oxygen atoms in total. The van der Waals surface area contributed by atoms with Gasteiger partial charge in [-0.15, -0.1) is 0 Å². The Labute approximate surface area is 204 Å². The number of fused-ring (bicyclic) bond motifs is 2. The van der Waals surface area contributed by atoms with Crippen LogP contribution in [0, 0.1) is 11.8 Å². The Morgan fingerprint density at radius 3 is 2.57 bits per heavy atom. The average Bonchev–Trinajstić information content (AvgIpc) is 3.62. The summed E-state index contributed by atoms with van der Waals surface area (Å²) in [6.45, 7) is 1.68. The van der Waals surface area contributed by atoms with Crippen LogP contribution < -0.4 is 19.7 Å². The summed E-state index contributed by atoms with van der Waals surface area (Å²) in [4.78, 5) is 42.3. The molecule has 2 fully saturated rings. The Kier molecular flexibility index (Phi) is 5.59. The van der Waals surface area contributed by atoms with Crippen LogP contribution in [0.1, 0.15) is 36.8 Å². The predicted octanol–water partition coefficient (Wildman–Crippen LogP) is 3.13. The van der Waals surface area contributed by atoms with Gasteiger partial charge in [0, 0.05) is 49.4 Å². The van der Waals surface area contributed by atoms with Crippen molar-refractivity contribution in [1.29, 1.82) is 0 Å². The first-order valence-corrected chi connectivity index (χ1v) is 12.5. The first kappa shape index (κ1) is 21.9. The number of hydrogen-bond acceptors (Lipinski definition) is 5. The van der Waals surface area contributed by atoms with Crippen molar-refractivity contribution in [1.82, 2.24) is 4.90 Å². The number of anilines is 2. The molecule has 1 unspecified atom stereocenters. The molecule has 1 aliphatic carbocycles. The van der Waals surface area contributed by atoms with Crippen LogP contribution in [0.2, 0.25) is 0 Å². The molecule has 0 spiro atoms. The average molecular weight is 476 g/mol. The van der Waals surface area contributed by atoms with Crippen molar-refractivity contribution in [2.75, 3.05) is 36.6 Å². The molecule has 8 heteroatoms. The van der Waals surface area contributed by atoms with E-state index in [1.807, 2.05) is 11.0 Å². The van der Waals surface area contributed by atoms with Gasteiger partial charge in [-0.1, -0.05) is 6.07 Å². The first-order valence-electron chi connectivity index (χ1n) is 12.5. The van der Waals surface area contributed by atoms with E-state index in [0.29, 0.717) is 49.7 Å². The Morgan fingerprint density at radius 1 is 0.914 bits per heavy atom. The summed E-state index contributed by atoms with van der Waals surface area (Å²) < 4.78 is 10.7. The van der Waals surface area contributed by atoms with Crippen LogP contribution in [0.5, 0.6) is 11.5 Å². The maximum Gasteiger partial charge on any atom is 0.231 e. The van der Waals surface area contributed by atoms with E-state index in [1.54, 1.807) is 23.1 Å². The zero-order chi connectivity index (χ0) is 23.9. The number of rotatable bonds is 4. The number of carbonyl (C=O) groups excluding carboxylic acids is 3. The number of carbonyl (C=O) groups is 3. The summed E-state index contributed by atoms with van der Waals surface area (Å²) in [6, 6.07) is 11.6. The van der Waals surface area contributed by atoms with Crippen LogP contribution >= 0.6 is 0 Å². The molecular formula is C27H29N3O5. The van der Waals surface area contributed by atoms with Crippen molar-refractivity contribution in [3.05, 3.63) is 47.5 Å². The number of aryl methyl sites for hydroxylation is 2. The SMILES string of the molecule is O=C(Nc1ccc2c(c1)OCO2)C1CCN(C(=O)C2CC(=O)N(c3ccc4c(c3)CCC4)C2)CC1. The Morgan fingerprint density at radius 2 is 1.71 bits per heavy atom. The molecule has 35 heavy (non-hydrogen) atoms. The lowest BCUT2D eigenvalue weighted by atomic mass is 9.94. The summed E-state index contributed by atoms with van der Waals surface area (Å²) in [7, 11) is 0. The lowest BCUT2D eigenvalue weighted by Gasteiger charge is -2.33. The van der Waals surface area contributed by atoms with Gasteiger partial charge in [0.2, 0.25) is 24.5 Å². The molecule has 1 N–H and O–H groups in total. The van der Waals surface area contributed by atoms with Crippen molar-refractivity contribution >= 4 is 29.1 Å². The zero-order valence-corrected chi connectivity index (χ0v) is 19.6. The minimum Gasteiger partial charge on any atom is -0.454 e. The van der Waals surface area contributed by atoms with Gasteiger partial charge in [0.05, 0.1) is 5.92 Å². The van der Waals surface area contributed by atoms with Gasteiger partial charge in [0.25, 0.3) is 0 Å². The molecular weight excluding hydrogens is 446 g/mol. The van der Waals surface area contributed by atoms with E-state index in [0.717, 1.165) is 18.5 Å². The zero-order valence-electron chi connectivity index (χ0n) is 19.6. The minimum absolute atomic E-state index is 0.0132. The summed E-state index contributed by atoms with van der Waals surface area (Å²) in [5, 5.41) is 2.96. The quantitative estimate of drug-likeness (QED) is 0.734. The van der Waals surface area contributed by atoms with Crippen LogP contribution in [0.15, 0.2) is 36.4 Å². The molecule has 0 aromatic heterocycles. The monoisotopic (exact) mass is 475 g/mol. The van der Waals surface area contributed by atoms with Crippen LogP contribution in [0.25, 0.3) is 0 Å². The second-order valence-electron chi connectivity index (χ2n) is 9.87. The van der Waals surface area contributed by atoms with Gasteiger partial charge in [0.15, 0.2) is 11.5 Å². The summed E-state index contributed by atoms with van der Waals surface area (Å²) in [5.41, 5.74) is 4.28. The fourth-order valence-corrected chi connectivity index (χ4v) is 5.69. The molecule has 0 radical (unpaired) electrons. The first-order chi connectivity index (χ1) is 17.0. The fourth-order valence-electron chi connectivity index (χ4n) is 5.69. The van der Waals surface area contributed by atoms with Gasteiger partial charge in [-0.05, 0) is 67.5 Å². The van der Waals surface area contributed by atoms with E-state index >= 15 is 0 Å². The van der Waals surface area contributed by atoms with Crippen LogP contribution in [0.4, 0.5) is 11.4 Å². The van der Waals surface area contributed by atoms with Crippen molar-refractivity contribution < 1.29 is 23.9 Å². The van der Waals surface area contributed by atoms with Gasteiger partial charge in [-0.2, -0.15) is 0 Å². The number of nitrogens with zero attached hydrogens (tertiary/aromatic N) is 2. The highest BCUT2D eigenvalue weighted by Crippen LogP contribution is 2.35. The molecule has 0 saturated carbocycles. The number of hydrogen-bond donors (Lipinski definition) is 1. The second kappa shape index (κ2) is 8.91. The second-order valence-corrected chi connectivity index (χ2v) is 9.87. The molecule has 2 aromatic rings. The lowest BCUT2D eigenvalue weighted by Crippen LogP contribution is -2.44. The molecule has 1 atom stereocenters. The highest BCUT2D eigenvalue weighted by molar-refractivity contribution is 6.00. The van der Waals surface area contributed by atoms with Crippen LogP contribution in [0.3, 0.4) is 0 Å². The topological polar surface area (TPSA) is 88.2 Å². The number of piperidine rings is 1. The van der Waals surface area contributed by atoms with Crippen molar-refractivity contribution in [3.63, 3.8) is 0 Å². The van der Waals surface area contributed by atoms with Crippen molar-refractivity contribution in [2.24, 2.45) is 11.8 Å².